The first kappa shape index (κ1) is 17.8. The van der Waals surface area contributed by atoms with Crippen molar-refractivity contribution in [2.75, 3.05) is 7.11 Å². The number of carbonyl (C=O) groups is 1. The van der Waals surface area contributed by atoms with E-state index in [1.165, 1.54) is 18.4 Å². The number of thiophene rings is 2. The summed E-state index contributed by atoms with van der Waals surface area (Å²) in [5.74, 6) is 0.632. The van der Waals surface area contributed by atoms with Gasteiger partial charge in [0.1, 0.15) is 10.7 Å². The molecule has 0 saturated carbocycles. The van der Waals surface area contributed by atoms with E-state index in [0.29, 0.717) is 24.8 Å². The fourth-order valence-electron chi connectivity index (χ4n) is 2.79. The molecule has 0 aliphatic carbocycles. The predicted octanol–water partition coefficient (Wildman–Crippen LogP) is 4.26. The van der Waals surface area contributed by atoms with Crippen molar-refractivity contribution in [3.8, 4) is 10.4 Å². The molecule has 0 unspecified atom stereocenters. The highest BCUT2D eigenvalue weighted by atomic mass is 32.1. The average Bonchev–Trinajstić information content (AvgIpc) is 3.24. The predicted molar refractivity (Wildman–Crippen MR) is 103 cm³/mol. The van der Waals surface area contributed by atoms with Crippen LogP contribution in [0.15, 0.2) is 27.7 Å². The molecular formula is C18H20N2O3S2. The number of nitrogens with zero attached hydrogens (tertiary/aromatic N) is 2. The molecule has 3 aromatic rings. The van der Waals surface area contributed by atoms with Crippen molar-refractivity contribution in [2.24, 2.45) is 0 Å². The molecule has 5 nitrogen and oxygen atoms in total. The molecule has 0 aromatic carbocycles. The molecule has 0 atom stereocenters. The Morgan fingerprint density at radius 2 is 2.16 bits per heavy atom. The molecule has 0 spiro atoms. The minimum absolute atomic E-state index is 0.0248. The monoisotopic (exact) mass is 376 g/mol. The third-order valence-corrected chi connectivity index (χ3v) is 5.79. The number of esters is 1. The zero-order valence-corrected chi connectivity index (χ0v) is 16.1. The van der Waals surface area contributed by atoms with Gasteiger partial charge in [0.15, 0.2) is 0 Å². The maximum absolute atomic E-state index is 13.2. The molecule has 0 fully saturated rings. The van der Waals surface area contributed by atoms with Crippen LogP contribution < -0.4 is 5.56 Å². The Morgan fingerprint density at radius 3 is 2.80 bits per heavy atom. The lowest BCUT2D eigenvalue weighted by molar-refractivity contribution is -0.140. The Kier molecular flexibility index (Phi) is 5.34. The van der Waals surface area contributed by atoms with Crippen LogP contribution in [-0.4, -0.2) is 22.6 Å². The summed E-state index contributed by atoms with van der Waals surface area (Å²) in [7, 11) is 1.38. The van der Waals surface area contributed by atoms with E-state index >= 15 is 0 Å². The van der Waals surface area contributed by atoms with Crippen LogP contribution in [0.2, 0.25) is 0 Å². The van der Waals surface area contributed by atoms with Gasteiger partial charge in [0.2, 0.25) is 0 Å². The van der Waals surface area contributed by atoms with Crippen LogP contribution >= 0.6 is 22.7 Å². The van der Waals surface area contributed by atoms with Crippen LogP contribution in [0.5, 0.6) is 0 Å². The van der Waals surface area contributed by atoms with Gasteiger partial charge in [0.05, 0.1) is 12.5 Å². The fourth-order valence-corrected chi connectivity index (χ4v) is 4.55. The highest BCUT2D eigenvalue weighted by Gasteiger charge is 2.19. The summed E-state index contributed by atoms with van der Waals surface area (Å²) in [6, 6.07) is 4.00. The molecular weight excluding hydrogens is 356 g/mol. The zero-order chi connectivity index (χ0) is 18.0. The molecule has 0 radical (unpaired) electrons. The van der Waals surface area contributed by atoms with Gasteiger partial charge in [-0.05, 0) is 17.9 Å². The Balaban J connectivity index is 2.08. The quantitative estimate of drug-likeness (QED) is 0.603. The smallest absolute Gasteiger partial charge is 0.305 e. The molecule has 0 aliphatic rings. The topological polar surface area (TPSA) is 61.2 Å². The minimum atomic E-state index is -0.261. The molecule has 0 amide bonds. The standard InChI is InChI=1S/C18H20N2O3S2/c1-11(2)16-19-17-15(12(10-25-17)13-6-5-9-24-13)18(22)20(16)8-4-7-14(21)23-3/h5-6,9-11H,4,7-8H2,1-3H3. The maximum Gasteiger partial charge on any atom is 0.305 e. The van der Waals surface area contributed by atoms with Crippen LogP contribution in [0, 0.1) is 0 Å². The number of aromatic nitrogens is 2. The fraction of sp³-hybridized carbons (Fsp3) is 0.389. The minimum Gasteiger partial charge on any atom is -0.469 e. The summed E-state index contributed by atoms with van der Waals surface area (Å²) in [6.07, 6.45) is 0.845. The number of carbonyl (C=O) groups excluding carboxylic acids is 1. The molecule has 0 saturated heterocycles. The van der Waals surface area contributed by atoms with Gasteiger partial charge >= 0.3 is 5.97 Å². The van der Waals surface area contributed by atoms with E-state index in [9.17, 15) is 9.59 Å². The Bertz CT molecular complexity index is 939. The van der Waals surface area contributed by atoms with Crippen LogP contribution in [-0.2, 0) is 16.1 Å². The van der Waals surface area contributed by atoms with Gasteiger partial charge in [-0.1, -0.05) is 19.9 Å². The van der Waals surface area contributed by atoms with Crippen LogP contribution in [0.4, 0.5) is 0 Å². The van der Waals surface area contributed by atoms with Gasteiger partial charge < -0.3 is 4.74 Å². The van der Waals surface area contributed by atoms with Crippen LogP contribution in [0.1, 0.15) is 38.4 Å². The molecule has 0 bridgehead atoms. The van der Waals surface area contributed by atoms with Crippen molar-refractivity contribution in [3.05, 3.63) is 39.1 Å². The lowest BCUT2D eigenvalue weighted by atomic mass is 10.1. The SMILES string of the molecule is COC(=O)CCCn1c(C(C)C)nc2scc(-c3cccs3)c2c1=O. The highest BCUT2D eigenvalue weighted by molar-refractivity contribution is 7.18. The molecule has 25 heavy (non-hydrogen) atoms. The van der Waals surface area contributed by atoms with E-state index in [1.54, 1.807) is 15.9 Å². The van der Waals surface area contributed by atoms with Crippen molar-refractivity contribution in [1.29, 1.82) is 0 Å². The third kappa shape index (κ3) is 3.52. The second kappa shape index (κ2) is 7.49. The van der Waals surface area contributed by atoms with Gasteiger partial charge in [-0.3, -0.25) is 14.2 Å². The average molecular weight is 377 g/mol. The zero-order valence-electron chi connectivity index (χ0n) is 14.4. The van der Waals surface area contributed by atoms with Crippen molar-refractivity contribution in [2.45, 2.75) is 39.2 Å². The van der Waals surface area contributed by atoms with Crippen LogP contribution in [0.3, 0.4) is 0 Å². The van der Waals surface area contributed by atoms with Crippen molar-refractivity contribution < 1.29 is 9.53 Å². The molecule has 3 heterocycles. The molecule has 3 rings (SSSR count). The highest BCUT2D eigenvalue weighted by Crippen LogP contribution is 2.34. The molecule has 0 N–H and O–H groups in total. The number of hydrogen-bond acceptors (Lipinski definition) is 6. The van der Waals surface area contributed by atoms with E-state index in [0.717, 1.165) is 21.1 Å². The van der Waals surface area contributed by atoms with E-state index in [2.05, 4.69) is 4.74 Å². The number of ether oxygens (including phenoxy) is 1. The van der Waals surface area contributed by atoms with E-state index < -0.39 is 0 Å². The molecule has 3 aromatic heterocycles. The van der Waals surface area contributed by atoms with Gasteiger partial charge in [-0.15, -0.1) is 22.7 Å². The number of hydrogen-bond donors (Lipinski definition) is 0. The van der Waals surface area contributed by atoms with Gasteiger partial charge in [0, 0.05) is 34.7 Å². The van der Waals surface area contributed by atoms with Gasteiger partial charge in [0.25, 0.3) is 5.56 Å². The first-order valence-electron chi connectivity index (χ1n) is 8.15. The van der Waals surface area contributed by atoms with Crippen molar-refractivity contribution in [3.63, 3.8) is 0 Å². The largest absolute Gasteiger partial charge is 0.469 e. The normalized spacial score (nSPS) is 11.4. The number of methoxy groups -OCH3 is 1. The number of rotatable bonds is 6. The lowest BCUT2D eigenvalue weighted by Crippen LogP contribution is -2.26. The van der Waals surface area contributed by atoms with E-state index in [1.807, 2.05) is 36.7 Å². The summed E-state index contributed by atoms with van der Waals surface area (Å²) in [6.45, 7) is 4.51. The lowest BCUT2D eigenvalue weighted by Gasteiger charge is -2.15. The summed E-state index contributed by atoms with van der Waals surface area (Å²) >= 11 is 3.12. The Morgan fingerprint density at radius 1 is 1.36 bits per heavy atom. The number of fused-ring (bicyclic) bond motifs is 1. The molecule has 0 aliphatic heterocycles. The van der Waals surface area contributed by atoms with E-state index in [4.69, 9.17) is 4.98 Å². The first-order chi connectivity index (χ1) is 12.0. The summed E-state index contributed by atoms with van der Waals surface area (Å²) in [5, 5.41) is 4.69. The second-order valence-electron chi connectivity index (χ2n) is 6.07. The van der Waals surface area contributed by atoms with Crippen molar-refractivity contribution in [1.82, 2.24) is 9.55 Å². The summed E-state index contributed by atoms with van der Waals surface area (Å²) < 4.78 is 6.41. The summed E-state index contributed by atoms with van der Waals surface area (Å²) in [4.78, 5) is 31.2. The molecule has 132 valence electrons. The van der Waals surface area contributed by atoms with E-state index in [-0.39, 0.29) is 17.4 Å². The van der Waals surface area contributed by atoms with Gasteiger partial charge in [-0.2, -0.15) is 0 Å². The first-order valence-corrected chi connectivity index (χ1v) is 9.91. The summed E-state index contributed by atoms with van der Waals surface area (Å²) in [5.41, 5.74) is 0.924. The Hall–Kier alpha value is -1.99. The molecule has 7 heteroatoms. The van der Waals surface area contributed by atoms with Crippen molar-refractivity contribution >= 4 is 38.9 Å². The maximum atomic E-state index is 13.2. The van der Waals surface area contributed by atoms with Crippen LogP contribution in [0.25, 0.3) is 20.7 Å². The van der Waals surface area contributed by atoms with Gasteiger partial charge in [-0.25, -0.2) is 4.98 Å². The second-order valence-corrected chi connectivity index (χ2v) is 7.87. The third-order valence-electron chi connectivity index (χ3n) is 4.02. The Labute approximate surface area is 153 Å².